The number of nitrogens with zero attached hydrogens (tertiary/aromatic N) is 2. The number of aromatic nitrogens is 1. The summed E-state index contributed by atoms with van der Waals surface area (Å²) in [6, 6.07) is 5.50. The molecule has 1 aromatic heterocycles. The molecule has 1 aromatic carbocycles. The Morgan fingerprint density at radius 3 is 2.58 bits per heavy atom. The molecule has 0 spiro atoms. The molecule has 2 saturated carbocycles. The van der Waals surface area contributed by atoms with E-state index in [0.717, 1.165) is 24.8 Å². The second-order valence-electron chi connectivity index (χ2n) is 9.07. The Balaban J connectivity index is 1.50. The first kappa shape index (κ1) is 20.0. The van der Waals surface area contributed by atoms with Gasteiger partial charge in [-0.3, -0.25) is 19.0 Å². The van der Waals surface area contributed by atoms with Crippen molar-refractivity contribution in [2.75, 3.05) is 6.54 Å². The van der Waals surface area contributed by atoms with E-state index in [-0.39, 0.29) is 17.4 Å². The molecule has 7 heteroatoms. The van der Waals surface area contributed by atoms with Gasteiger partial charge in [-0.05, 0) is 72.9 Å². The van der Waals surface area contributed by atoms with Gasteiger partial charge in [0, 0.05) is 30.9 Å². The minimum absolute atomic E-state index is 0.0364. The lowest BCUT2D eigenvalue weighted by molar-refractivity contribution is -0.137. The number of benzene rings is 1. The predicted molar refractivity (Wildman–Crippen MR) is 113 cm³/mol. The van der Waals surface area contributed by atoms with Crippen LogP contribution in [0.1, 0.15) is 53.6 Å². The van der Waals surface area contributed by atoms with Crippen molar-refractivity contribution >= 4 is 11.8 Å². The van der Waals surface area contributed by atoms with Crippen molar-refractivity contribution in [1.82, 2.24) is 9.47 Å². The highest BCUT2D eigenvalue weighted by molar-refractivity contribution is 5.94. The highest BCUT2D eigenvalue weighted by Crippen LogP contribution is 2.48. The van der Waals surface area contributed by atoms with Crippen molar-refractivity contribution < 1.29 is 14.0 Å². The third-order valence-electron chi connectivity index (χ3n) is 7.46. The van der Waals surface area contributed by atoms with Crippen molar-refractivity contribution in [2.45, 2.75) is 45.1 Å². The van der Waals surface area contributed by atoms with Gasteiger partial charge in [0.2, 0.25) is 5.91 Å². The van der Waals surface area contributed by atoms with Crippen molar-refractivity contribution in [3.05, 3.63) is 63.3 Å². The Labute approximate surface area is 179 Å². The van der Waals surface area contributed by atoms with E-state index in [9.17, 15) is 18.8 Å². The molecule has 2 aliphatic carbocycles. The first-order chi connectivity index (χ1) is 14.9. The lowest BCUT2D eigenvalue weighted by Gasteiger charge is -2.33. The summed E-state index contributed by atoms with van der Waals surface area (Å²) in [6.45, 7) is 0.837. The number of carbonyl (C=O) groups excluding carboxylic acids is 2. The predicted octanol–water partition coefficient (Wildman–Crippen LogP) is 2.79. The molecule has 6 nitrogen and oxygen atoms in total. The molecule has 2 aromatic rings. The number of primary amides is 1. The molecular formula is C24H26FN3O3. The van der Waals surface area contributed by atoms with Crippen molar-refractivity contribution in [1.29, 1.82) is 0 Å². The van der Waals surface area contributed by atoms with Crippen LogP contribution in [0.5, 0.6) is 0 Å². The van der Waals surface area contributed by atoms with Crippen LogP contribution in [0.15, 0.2) is 35.3 Å². The number of carbonyl (C=O) groups is 2. The van der Waals surface area contributed by atoms with Gasteiger partial charge in [0.25, 0.3) is 11.5 Å². The molecule has 1 aliphatic heterocycles. The van der Waals surface area contributed by atoms with Crippen LogP contribution in [0.3, 0.4) is 0 Å². The van der Waals surface area contributed by atoms with Gasteiger partial charge in [-0.1, -0.05) is 12.8 Å². The number of rotatable bonds is 3. The maximum atomic E-state index is 13.4. The highest BCUT2D eigenvalue weighted by Gasteiger charge is 2.44. The maximum absolute atomic E-state index is 13.4. The van der Waals surface area contributed by atoms with E-state index in [4.69, 9.17) is 5.73 Å². The molecule has 3 aliphatic rings. The largest absolute Gasteiger partial charge is 0.365 e. The summed E-state index contributed by atoms with van der Waals surface area (Å²) < 4.78 is 14.7. The van der Waals surface area contributed by atoms with Gasteiger partial charge >= 0.3 is 0 Å². The van der Waals surface area contributed by atoms with E-state index in [1.165, 1.54) is 41.7 Å². The summed E-state index contributed by atoms with van der Waals surface area (Å²) in [5.74, 6) is 0.290. The maximum Gasteiger partial charge on any atom is 0.268 e. The molecule has 3 atom stereocenters. The fourth-order valence-corrected chi connectivity index (χ4v) is 5.99. The first-order valence-corrected chi connectivity index (χ1v) is 11.1. The molecule has 0 saturated heterocycles. The van der Waals surface area contributed by atoms with E-state index in [2.05, 4.69) is 0 Å². The minimum Gasteiger partial charge on any atom is -0.365 e. The van der Waals surface area contributed by atoms with Gasteiger partial charge in [-0.15, -0.1) is 0 Å². The molecule has 31 heavy (non-hydrogen) atoms. The Kier molecular flexibility index (Phi) is 4.91. The smallest absolute Gasteiger partial charge is 0.268 e. The van der Waals surface area contributed by atoms with Gasteiger partial charge in [-0.2, -0.15) is 0 Å². The van der Waals surface area contributed by atoms with Crippen molar-refractivity contribution in [2.24, 2.45) is 23.5 Å². The summed E-state index contributed by atoms with van der Waals surface area (Å²) in [5, 5.41) is 0. The van der Waals surface area contributed by atoms with Gasteiger partial charge < -0.3 is 10.6 Å². The van der Waals surface area contributed by atoms with E-state index in [1.54, 1.807) is 6.20 Å². The molecule has 162 valence electrons. The lowest BCUT2D eigenvalue weighted by atomic mass is 9.89. The molecule has 2 N–H and O–H groups in total. The summed E-state index contributed by atoms with van der Waals surface area (Å²) in [5.41, 5.74) is 6.85. The second-order valence-corrected chi connectivity index (χ2v) is 9.07. The zero-order valence-corrected chi connectivity index (χ0v) is 17.4. The standard InChI is InChI=1S/C24H26FN3O3/c25-16-5-7-17(8-6-16)28-13-15-12-27(11-10-19(15)21(22(26)29)24(28)31)23(30)20-9-4-14-2-1-3-18(14)20/h5-8,13-14,18,20H,1-4,9-12H2,(H2,26,29)/t14-,18-,20-/m0/s1. The number of amides is 2. The van der Waals surface area contributed by atoms with Crippen LogP contribution >= 0.6 is 0 Å². The quantitative estimate of drug-likeness (QED) is 0.824. The monoisotopic (exact) mass is 423 g/mol. The Hall–Kier alpha value is -2.96. The number of hydrogen-bond acceptors (Lipinski definition) is 3. The van der Waals surface area contributed by atoms with E-state index in [0.29, 0.717) is 42.6 Å². The number of hydrogen-bond donors (Lipinski definition) is 1. The van der Waals surface area contributed by atoms with Gasteiger partial charge in [0.1, 0.15) is 11.4 Å². The number of fused-ring (bicyclic) bond motifs is 2. The van der Waals surface area contributed by atoms with Crippen molar-refractivity contribution in [3.63, 3.8) is 0 Å². The van der Waals surface area contributed by atoms with Crippen molar-refractivity contribution in [3.8, 4) is 5.69 Å². The van der Waals surface area contributed by atoms with Crippen LogP contribution < -0.4 is 11.3 Å². The van der Waals surface area contributed by atoms with E-state index < -0.39 is 17.3 Å². The highest BCUT2D eigenvalue weighted by atomic mass is 19.1. The third-order valence-corrected chi connectivity index (χ3v) is 7.46. The Morgan fingerprint density at radius 1 is 1.06 bits per heavy atom. The molecule has 2 heterocycles. The molecule has 0 bridgehead atoms. The number of nitrogens with two attached hydrogens (primary N) is 1. The van der Waals surface area contributed by atoms with E-state index in [1.807, 2.05) is 4.90 Å². The van der Waals surface area contributed by atoms with E-state index >= 15 is 0 Å². The topological polar surface area (TPSA) is 85.4 Å². The lowest BCUT2D eigenvalue weighted by Crippen LogP contribution is -2.43. The first-order valence-electron chi connectivity index (χ1n) is 11.1. The third kappa shape index (κ3) is 3.36. The zero-order valence-electron chi connectivity index (χ0n) is 17.4. The van der Waals surface area contributed by atoms with Crippen LogP contribution in [0.4, 0.5) is 4.39 Å². The zero-order chi connectivity index (χ0) is 21.7. The van der Waals surface area contributed by atoms with Gasteiger partial charge in [0.15, 0.2) is 0 Å². The van der Waals surface area contributed by atoms with Gasteiger partial charge in [-0.25, -0.2) is 4.39 Å². The fourth-order valence-electron chi connectivity index (χ4n) is 5.99. The van der Waals surface area contributed by atoms with Crippen LogP contribution in [0.2, 0.25) is 0 Å². The van der Waals surface area contributed by atoms with Crippen LogP contribution in [-0.4, -0.2) is 27.8 Å². The Bertz CT molecular complexity index is 1110. The molecule has 0 radical (unpaired) electrons. The SMILES string of the molecule is NC(=O)c1c2c(cn(-c3ccc(F)cc3)c1=O)CN(C(=O)[C@H]1CC[C@@H]3CCC[C@@H]31)CC2. The molecule has 2 fully saturated rings. The second kappa shape index (κ2) is 7.62. The van der Waals surface area contributed by atoms with Gasteiger partial charge in [0.05, 0.1) is 0 Å². The molecule has 5 rings (SSSR count). The van der Waals surface area contributed by atoms with Crippen LogP contribution in [0, 0.1) is 23.6 Å². The minimum atomic E-state index is -0.776. The summed E-state index contributed by atoms with van der Waals surface area (Å²) in [4.78, 5) is 40.4. The number of halogens is 1. The summed E-state index contributed by atoms with van der Waals surface area (Å²) in [6.07, 6.45) is 7.79. The molecule has 0 unspecified atom stereocenters. The fraction of sp³-hybridized carbons (Fsp3) is 0.458. The average molecular weight is 423 g/mol. The normalized spacial score (nSPS) is 24.7. The molecule has 2 amide bonds. The summed E-state index contributed by atoms with van der Waals surface area (Å²) in [7, 11) is 0. The van der Waals surface area contributed by atoms with Crippen LogP contribution in [-0.2, 0) is 17.8 Å². The Morgan fingerprint density at radius 2 is 1.84 bits per heavy atom. The van der Waals surface area contributed by atoms with Crippen LogP contribution in [0.25, 0.3) is 5.69 Å². The number of pyridine rings is 1. The average Bonchev–Trinajstić information content (AvgIpc) is 3.37. The molecular weight excluding hydrogens is 397 g/mol. The summed E-state index contributed by atoms with van der Waals surface area (Å²) >= 11 is 0.